The standard InChI is InChI=1S/C12H11ClN2O2/c13-12(9-5-2-1-3-6-9)8-4-7-10(11(12)14)15(16)17/h1-8,11H,14H2. The Kier molecular flexibility index (Phi) is 3.00. The number of hydrogen-bond acceptors (Lipinski definition) is 3. The molecule has 0 spiro atoms. The van der Waals surface area contributed by atoms with Gasteiger partial charge in [-0.2, -0.15) is 0 Å². The van der Waals surface area contributed by atoms with E-state index in [1.54, 1.807) is 24.3 Å². The number of nitrogens with two attached hydrogens (primary N) is 1. The second kappa shape index (κ2) is 4.31. The summed E-state index contributed by atoms with van der Waals surface area (Å²) in [6.45, 7) is 0. The number of benzene rings is 1. The molecular formula is C12H11ClN2O2. The van der Waals surface area contributed by atoms with E-state index in [9.17, 15) is 10.1 Å². The molecule has 1 aliphatic carbocycles. The molecule has 0 heterocycles. The highest BCUT2D eigenvalue weighted by Crippen LogP contribution is 2.38. The number of rotatable bonds is 2. The number of allylic oxidation sites excluding steroid dienone is 2. The van der Waals surface area contributed by atoms with E-state index in [-0.39, 0.29) is 5.70 Å². The summed E-state index contributed by atoms with van der Waals surface area (Å²) in [5, 5.41) is 10.8. The van der Waals surface area contributed by atoms with Gasteiger partial charge < -0.3 is 5.73 Å². The summed E-state index contributed by atoms with van der Waals surface area (Å²) >= 11 is 6.43. The molecule has 0 saturated carbocycles. The van der Waals surface area contributed by atoms with Crippen LogP contribution in [-0.2, 0) is 4.87 Å². The van der Waals surface area contributed by atoms with Crippen LogP contribution in [0.15, 0.2) is 54.3 Å². The van der Waals surface area contributed by atoms with Crippen LogP contribution in [0.5, 0.6) is 0 Å². The highest BCUT2D eigenvalue weighted by Gasteiger charge is 2.42. The molecule has 0 bridgehead atoms. The van der Waals surface area contributed by atoms with Gasteiger partial charge in [-0.05, 0) is 5.56 Å². The van der Waals surface area contributed by atoms with Crippen molar-refractivity contribution in [3.8, 4) is 0 Å². The van der Waals surface area contributed by atoms with E-state index in [1.807, 2.05) is 18.2 Å². The maximum atomic E-state index is 10.8. The summed E-state index contributed by atoms with van der Waals surface area (Å²) in [6.07, 6.45) is 4.64. The number of nitro groups is 1. The van der Waals surface area contributed by atoms with Crippen LogP contribution in [0.4, 0.5) is 0 Å². The van der Waals surface area contributed by atoms with Crippen LogP contribution in [0.3, 0.4) is 0 Å². The van der Waals surface area contributed by atoms with E-state index in [0.29, 0.717) is 0 Å². The van der Waals surface area contributed by atoms with Gasteiger partial charge in [0.1, 0.15) is 10.9 Å². The van der Waals surface area contributed by atoms with Crippen molar-refractivity contribution in [3.63, 3.8) is 0 Å². The van der Waals surface area contributed by atoms with Crippen LogP contribution in [0.25, 0.3) is 0 Å². The normalized spacial score (nSPS) is 27.6. The monoisotopic (exact) mass is 250 g/mol. The molecule has 2 unspecified atom stereocenters. The van der Waals surface area contributed by atoms with Gasteiger partial charge in [0.05, 0.1) is 4.92 Å². The maximum absolute atomic E-state index is 10.8. The van der Waals surface area contributed by atoms with Gasteiger partial charge in [0, 0.05) is 6.08 Å². The van der Waals surface area contributed by atoms with Gasteiger partial charge in [0.2, 0.25) is 0 Å². The van der Waals surface area contributed by atoms with E-state index >= 15 is 0 Å². The van der Waals surface area contributed by atoms with Crippen molar-refractivity contribution in [1.82, 2.24) is 0 Å². The van der Waals surface area contributed by atoms with Crippen LogP contribution in [0.1, 0.15) is 5.56 Å². The summed E-state index contributed by atoms with van der Waals surface area (Å²) in [5.41, 5.74) is 6.57. The van der Waals surface area contributed by atoms with Gasteiger partial charge in [-0.15, -0.1) is 11.6 Å². The number of nitrogens with zero attached hydrogens (tertiary/aromatic N) is 1. The molecule has 4 nitrogen and oxygen atoms in total. The van der Waals surface area contributed by atoms with Gasteiger partial charge in [0.15, 0.2) is 0 Å². The molecule has 0 amide bonds. The molecule has 0 fully saturated rings. The van der Waals surface area contributed by atoms with E-state index in [4.69, 9.17) is 17.3 Å². The maximum Gasteiger partial charge on any atom is 0.265 e. The summed E-state index contributed by atoms with van der Waals surface area (Å²) in [7, 11) is 0. The van der Waals surface area contributed by atoms with Crippen molar-refractivity contribution >= 4 is 11.6 Å². The summed E-state index contributed by atoms with van der Waals surface area (Å²) in [5.74, 6) is 0. The fraction of sp³-hybridized carbons (Fsp3) is 0.167. The zero-order valence-corrected chi connectivity index (χ0v) is 9.67. The van der Waals surface area contributed by atoms with E-state index < -0.39 is 15.8 Å². The molecule has 17 heavy (non-hydrogen) atoms. The summed E-state index contributed by atoms with van der Waals surface area (Å²) in [4.78, 5) is 9.30. The van der Waals surface area contributed by atoms with Crippen molar-refractivity contribution in [2.45, 2.75) is 10.9 Å². The minimum atomic E-state index is -1.06. The van der Waals surface area contributed by atoms with Crippen molar-refractivity contribution in [1.29, 1.82) is 0 Å². The number of alkyl halides is 1. The minimum absolute atomic E-state index is 0.0775. The first-order valence-electron chi connectivity index (χ1n) is 5.09. The Morgan fingerprint density at radius 3 is 2.59 bits per heavy atom. The summed E-state index contributed by atoms with van der Waals surface area (Å²) < 4.78 is 0. The number of hydrogen-bond donors (Lipinski definition) is 1. The molecule has 0 aliphatic heterocycles. The van der Waals surface area contributed by atoms with Gasteiger partial charge in [0.25, 0.3) is 5.70 Å². The lowest BCUT2D eigenvalue weighted by molar-refractivity contribution is -0.430. The Morgan fingerprint density at radius 1 is 1.35 bits per heavy atom. The number of halogens is 1. The molecule has 1 aromatic carbocycles. The molecule has 0 aromatic heterocycles. The molecule has 0 radical (unpaired) electrons. The van der Waals surface area contributed by atoms with Crippen molar-refractivity contribution in [2.24, 2.45) is 5.73 Å². The Morgan fingerprint density at radius 2 is 2.00 bits per heavy atom. The smallest absolute Gasteiger partial charge is 0.265 e. The molecule has 2 rings (SSSR count). The van der Waals surface area contributed by atoms with Gasteiger partial charge >= 0.3 is 0 Å². The topological polar surface area (TPSA) is 69.2 Å². The lowest BCUT2D eigenvalue weighted by atomic mass is 9.86. The van der Waals surface area contributed by atoms with Gasteiger partial charge in [-0.25, -0.2) is 0 Å². The average molecular weight is 251 g/mol. The van der Waals surface area contributed by atoms with Crippen molar-refractivity contribution in [3.05, 3.63) is 69.9 Å². The predicted octanol–water partition coefficient (Wildman–Crippen LogP) is 2.18. The van der Waals surface area contributed by atoms with Gasteiger partial charge in [-0.1, -0.05) is 42.5 Å². The lowest BCUT2D eigenvalue weighted by Crippen LogP contribution is -2.44. The Balaban J connectivity index is 2.45. The first kappa shape index (κ1) is 11.8. The third-order valence-electron chi connectivity index (χ3n) is 2.80. The van der Waals surface area contributed by atoms with Crippen LogP contribution in [-0.4, -0.2) is 11.0 Å². The molecular weight excluding hydrogens is 240 g/mol. The second-order valence-electron chi connectivity index (χ2n) is 3.82. The third kappa shape index (κ3) is 1.97. The Hall–Kier alpha value is -1.65. The third-order valence-corrected chi connectivity index (χ3v) is 3.38. The van der Waals surface area contributed by atoms with Crippen LogP contribution in [0, 0.1) is 10.1 Å². The lowest BCUT2D eigenvalue weighted by Gasteiger charge is -2.30. The molecule has 0 saturated heterocycles. The first-order chi connectivity index (χ1) is 8.05. The fourth-order valence-electron chi connectivity index (χ4n) is 1.85. The van der Waals surface area contributed by atoms with E-state index in [2.05, 4.69) is 0 Å². The van der Waals surface area contributed by atoms with Crippen LogP contribution in [0.2, 0.25) is 0 Å². The van der Waals surface area contributed by atoms with Crippen LogP contribution >= 0.6 is 11.6 Å². The van der Waals surface area contributed by atoms with Crippen molar-refractivity contribution < 1.29 is 4.92 Å². The quantitative estimate of drug-likeness (QED) is 0.497. The fourth-order valence-corrected chi connectivity index (χ4v) is 2.16. The van der Waals surface area contributed by atoms with Gasteiger partial charge in [-0.3, -0.25) is 10.1 Å². The van der Waals surface area contributed by atoms with Crippen molar-refractivity contribution in [2.75, 3.05) is 0 Å². The molecule has 2 atom stereocenters. The SMILES string of the molecule is NC1C([N+](=O)[O-])=CC=CC1(Cl)c1ccccc1. The molecule has 1 aromatic rings. The second-order valence-corrected chi connectivity index (χ2v) is 4.44. The molecule has 2 N–H and O–H groups in total. The van der Waals surface area contributed by atoms with E-state index in [0.717, 1.165) is 5.56 Å². The Bertz CT molecular complexity index is 498. The van der Waals surface area contributed by atoms with E-state index in [1.165, 1.54) is 6.08 Å². The largest absolute Gasteiger partial charge is 0.317 e. The Labute approximate surface area is 104 Å². The predicted molar refractivity (Wildman–Crippen MR) is 66.2 cm³/mol. The first-order valence-corrected chi connectivity index (χ1v) is 5.47. The molecule has 1 aliphatic rings. The zero-order valence-electron chi connectivity index (χ0n) is 8.92. The summed E-state index contributed by atoms with van der Waals surface area (Å²) in [6, 6.07) is 8.24. The highest BCUT2D eigenvalue weighted by atomic mass is 35.5. The highest BCUT2D eigenvalue weighted by molar-refractivity contribution is 6.26. The minimum Gasteiger partial charge on any atom is -0.317 e. The van der Waals surface area contributed by atoms with Crippen LogP contribution < -0.4 is 5.73 Å². The average Bonchev–Trinajstić information content (AvgIpc) is 2.33. The molecule has 88 valence electrons. The zero-order chi connectivity index (χ0) is 12.5. The molecule has 5 heteroatoms.